The van der Waals surface area contributed by atoms with E-state index in [9.17, 15) is 0 Å². The molecular formula is C12H24N2O. The van der Waals surface area contributed by atoms with Crippen molar-refractivity contribution in [2.24, 2.45) is 5.92 Å². The lowest BCUT2D eigenvalue weighted by molar-refractivity contribution is -0.0557. The van der Waals surface area contributed by atoms with Gasteiger partial charge in [0.1, 0.15) is 0 Å². The van der Waals surface area contributed by atoms with Crippen molar-refractivity contribution in [2.45, 2.75) is 38.8 Å². The lowest BCUT2D eigenvalue weighted by Gasteiger charge is -2.42. The van der Waals surface area contributed by atoms with Gasteiger partial charge in [0.15, 0.2) is 0 Å². The highest BCUT2D eigenvalue weighted by atomic mass is 16.5. The van der Waals surface area contributed by atoms with Crippen molar-refractivity contribution in [3.8, 4) is 0 Å². The summed E-state index contributed by atoms with van der Waals surface area (Å²) in [5.41, 5.74) is 0. The molecule has 0 aromatic carbocycles. The molecule has 0 saturated carbocycles. The Labute approximate surface area is 93.2 Å². The molecule has 2 fully saturated rings. The number of hydrogen-bond acceptors (Lipinski definition) is 3. The lowest BCUT2D eigenvalue weighted by atomic mass is 9.93. The Bertz CT molecular complexity index is 198. The number of morpholine rings is 1. The zero-order chi connectivity index (χ0) is 10.7. The zero-order valence-electron chi connectivity index (χ0n) is 10.0. The summed E-state index contributed by atoms with van der Waals surface area (Å²) in [7, 11) is 0. The van der Waals surface area contributed by atoms with Crippen LogP contribution in [-0.4, -0.2) is 49.8 Å². The van der Waals surface area contributed by atoms with Gasteiger partial charge < -0.3 is 10.1 Å². The van der Waals surface area contributed by atoms with Crippen LogP contribution in [0.15, 0.2) is 0 Å². The Balaban J connectivity index is 1.90. The predicted molar refractivity (Wildman–Crippen MR) is 62.0 cm³/mol. The highest BCUT2D eigenvalue weighted by Gasteiger charge is 2.30. The Kier molecular flexibility index (Phi) is 4.00. The molecule has 2 aliphatic heterocycles. The molecule has 2 rings (SSSR count). The minimum absolute atomic E-state index is 0.473. The van der Waals surface area contributed by atoms with Crippen molar-refractivity contribution in [1.82, 2.24) is 10.2 Å². The number of piperidine rings is 1. The fraction of sp³-hybridized carbons (Fsp3) is 1.00. The Morgan fingerprint density at radius 3 is 3.07 bits per heavy atom. The Hall–Kier alpha value is -0.120. The molecule has 2 heterocycles. The first-order valence-corrected chi connectivity index (χ1v) is 6.37. The SMILES string of the molecule is CCC1CN(C2CCNCC2C)CCO1. The third-order valence-corrected chi connectivity index (χ3v) is 3.83. The van der Waals surface area contributed by atoms with Gasteiger partial charge in [-0.1, -0.05) is 13.8 Å². The molecule has 2 saturated heterocycles. The van der Waals surface area contributed by atoms with Crippen LogP contribution in [0.1, 0.15) is 26.7 Å². The molecule has 88 valence electrons. The summed E-state index contributed by atoms with van der Waals surface area (Å²) in [6.07, 6.45) is 2.92. The van der Waals surface area contributed by atoms with Gasteiger partial charge in [0, 0.05) is 19.1 Å². The quantitative estimate of drug-likeness (QED) is 0.742. The van der Waals surface area contributed by atoms with Crippen LogP contribution in [0.4, 0.5) is 0 Å². The van der Waals surface area contributed by atoms with E-state index in [0.717, 1.165) is 38.1 Å². The highest BCUT2D eigenvalue weighted by Crippen LogP contribution is 2.21. The maximum atomic E-state index is 5.73. The maximum absolute atomic E-state index is 5.73. The summed E-state index contributed by atoms with van der Waals surface area (Å²) >= 11 is 0. The first-order chi connectivity index (χ1) is 7.31. The van der Waals surface area contributed by atoms with Crippen LogP contribution in [0.25, 0.3) is 0 Å². The second-order valence-corrected chi connectivity index (χ2v) is 4.93. The molecule has 3 heteroatoms. The van der Waals surface area contributed by atoms with Gasteiger partial charge in [-0.25, -0.2) is 0 Å². The van der Waals surface area contributed by atoms with Crippen LogP contribution in [-0.2, 0) is 4.74 Å². The summed E-state index contributed by atoms with van der Waals surface area (Å²) in [6, 6.07) is 0.782. The summed E-state index contributed by atoms with van der Waals surface area (Å²) in [5.74, 6) is 0.786. The van der Waals surface area contributed by atoms with E-state index in [1.807, 2.05) is 0 Å². The van der Waals surface area contributed by atoms with E-state index in [1.165, 1.54) is 19.5 Å². The summed E-state index contributed by atoms with van der Waals surface area (Å²) in [4.78, 5) is 2.66. The number of hydrogen-bond donors (Lipinski definition) is 1. The maximum Gasteiger partial charge on any atom is 0.0700 e. The zero-order valence-corrected chi connectivity index (χ0v) is 10.0. The monoisotopic (exact) mass is 212 g/mol. The Morgan fingerprint density at radius 1 is 1.47 bits per heavy atom. The molecule has 0 bridgehead atoms. The average Bonchev–Trinajstić information content (AvgIpc) is 2.30. The fourth-order valence-corrected chi connectivity index (χ4v) is 2.83. The van der Waals surface area contributed by atoms with E-state index in [2.05, 4.69) is 24.1 Å². The predicted octanol–water partition coefficient (Wildman–Crippen LogP) is 1.10. The van der Waals surface area contributed by atoms with Gasteiger partial charge in [0.2, 0.25) is 0 Å². The molecule has 0 aliphatic carbocycles. The van der Waals surface area contributed by atoms with Gasteiger partial charge in [0.25, 0.3) is 0 Å². The number of ether oxygens (including phenoxy) is 1. The van der Waals surface area contributed by atoms with Crippen molar-refractivity contribution in [1.29, 1.82) is 0 Å². The van der Waals surface area contributed by atoms with Crippen LogP contribution in [0.3, 0.4) is 0 Å². The molecule has 15 heavy (non-hydrogen) atoms. The molecule has 0 spiro atoms. The van der Waals surface area contributed by atoms with Gasteiger partial charge in [-0.15, -0.1) is 0 Å². The van der Waals surface area contributed by atoms with Gasteiger partial charge in [-0.05, 0) is 31.8 Å². The van der Waals surface area contributed by atoms with Crippen LogP contribution in [0.2, 0.25) is 0 Å². The van der Waals surface area contributed by atoms with Crippen molar-refractivity contribution in [2.75, 3.05) is 32.8 Å². The molecule has 1 N–H and O–H groups in total. The molecule has 0 aromatic rings. The second-order valence-electron chi connectivity index (χ2n) is 4.93. The van der Waals surface area contributed by atoms with E-state index in [4.69, 9.17) is 4.74 Å². The minimum atomic E-state index is 0.473. The van der Waals surface area contributed by atoms with E-state index < -0.39 is 0 Å². The van der Waals surface area contributed by atoms with E-state index >= 15 is 0 Å². The third kappa shape index (κ3) is 2.71. The molecule has 2 aliphatic rings. The number of rotatable bonds is 2. The fourth-order valence-electron chi connectivity index (χ4n) is 2.83. The van der Waals surface area contributed by atoms with E-state index in [1.54, 1.807) is 0 Å². The summed E-state index contributed by atoms with van der Waals surface area (Å²) in [5, 5.41) is 3.47. The Morgan fingerprint density at radius 2 is 2.33 bits per heavy atom. The third-order valence-electron chi connectivity index (χ3n) is 3.83. The molecular weight excluding hydrogens is 188 g/mol. The molecule has 0 radical (unpaired) electrons. The average molecular weight is 212 g/mol. The van der Waals surface area contributed by atoms with Crippen LogP contribution >= 0.6 is 0 Å². The van der Waals surface area contributed by atoms with Gasteiger partial charge in [0.05, 0.1) is 12.7 Å². The number of nitrogens with zero attached hydrogens (tertiary/aromatic N) is 1. The van der Waals surface area contributed by atoms with Crippen molar-refractivity contribution < 1.29 is 4.74 Å². The first kappa shape index (κ1) is 11.4. The largest absolute Gasteiger partial charge is 0.376 e. The van der Waals surface area contributed by atoms with Crippen molar-refractivity contribution in [3.63, 3.8) is 0 Å². The van der Waals surface area contributed by atoms with Gasteiger partial charge in [-0.2, -0.15) is 0 Å². The van der Waals surface area contributed by atoms with Gasteiger partial charge >= 0.3 is 0 Å². The highest BCUT2D eigenvalue weighted by molar-refractivity contribution is 4.85. The molecule has 3 unspecified atom stereocenters. The van der Waals surface area contributed by atoms with Crippen molar-refractivity contribution in [3.05, 3.63) is 0 Å². The number of nitrogens with one attached hydrogen (secondary N) is 1. The standard InChI is InChI=1S/C12H24N2O/c1-3-11-9-14(6-7-15-11)12-4-5-13-8-10(12)2/h10-13H,3-9H2,1-2H3. The van der Waals surface area contributed by atoms with E-state index in [0.29, 0.717) is 6.10 Å². The van der Waals surface area contributed by atoms with Gasteiger partial charge in [-0.3, -0.25) is 4.90 Å². The molecule has 0 aromatic heterocycles. The minimum Gasteiger partial charge on any atom is -0.376 e. The first-order valence-electron chi connectivity index (χ1n) is 6.37. The topological polar surface area (TPSA) is 24.5 Å². The normalized spacial score (nSPS) is 39.2. The second kappa shape index (κ2) is 5.28. The van der Waals surface area contributed by atoms with Crippen molar-refractivity contribution >= 4 is 0 Å². The van der Waals surface area contributed by atoms with Crippen LogP contribution in [0.5, 0.6) is 0 Å². The van der Waals surface area contributed by atoms with Crippen LogP contribution < -0.4 is 5.32 Å². The smallest absolute Gasteiger partial charge is 0.0700 e. The molecule has 3 atom stereocenters. The van der Waals surface area contributed by atoms with E-state index in [-0.39, 0.29) is 0 Å². The van der Waals surface area contributed by atoms with Crippen LogP contribution in [0, 0.1) is 5.92 Å². The lowest BCUT2D eigenvalue weighted by Crippen LogP contribution is -2.54. The summed E-state index contributed by atoms with van der Waals surface area (Å²) < 4.78 is 5.73. The molecule has 0 amide bonds. The molecule has 3 nitrogen and oxygen atoms in total. The summed E-state index contributed by atoms with van der Waals surface area (Å²) in [6.45, 7) is 10.2.